The number of rotatable bonds is 3. The third-order valence-corrected chi connectivity index (χ3v) is 3.67. The number of aryl methyl sites for hydroxylation is 1. The van der Waals surface area contributed by atoms with Gasteiger partial charge in [-0.3, -0.25) is 0 Å². The molecule has 1 fully saturated rings. The Labute approximate surface area is 92.1 Å². The first-order valence-corrected chi connectivity index (χ1v) is 5.90. The molecular weight excluding hydrogens is 184 g/mol. The van der Waals surface area contributed by atoms with Crippen LogP contribution in [0.5, 0.6) is 0 Å². The summed E-state index contributed by atoms with van der Waals surface area (Å²) in [7, 11) is 0. The Morgan fingerprint density at radius 1 is 1.33 bits per heavy atom. The Morgan fingerprint density at radius 2 is 2.07 bits per heavy atom. The van der Waals surface area contributed by atoms with E-state index in [1.807, 2.05) is 0 Å². The van der Waals surface area contributed by atoms with Gasteiger partial charge in [-0.2, -0.15) is 0 Å². The van der Waals surface area contributed by atoms with E-state index in [1.54, 1.807) is 0 Å². The summed E-state index contributed by atoms with van der Waals surface area (Å²) in [4.78, 5) is 0. The van der Waals surface area contributed by atoms with Crippen molar-refractivity contribution in [3.8, 4) is 0 Å². The maximum atomic E-state index is 9.56. The molecule has 15 heavy (non-hydrogen) atoms. The van der Waals surface area contributed by atoms with Crippen molar-refractivity contribution in [3.63, 3.8) is 0 Å². The SMILES string of the molecule is CC1(CCc2ccccc2)CCC(O)C1. The predicted octanol–water partition coefficient (Wildman–Crippen LogP) is 3.17. The highest BCUT2D eigenvalue weighted by Crippen LogP contribution is 2.41. The van der Waals surface area contributed by atoms with Crippen LogP contribution in [0.2, 0.25) is 0 Å². The van der Waals surface area contributed by atoms with Gasteiger partial charge in [-0.25, -0.2) is 0 Å². The normalized spacial score (nSPS) is 30.7. The summed E-state index contributed by atoms with van der Waals surface area (Å²) in [5.74, 6) is 0. The van der Waals surface area contributed by atoms with Crippen LogP contribution in [0.4, 0.5) is 0 Å². The quantitative estimate of drug-likeness (QED) is 0.801. The van der Waals surface area contributed by atoms with E-state index in [2.05, 4.69) is 37.3 Å². The molecule has 2 atom stereocenters. The average molecular weight is 204 g/mol. The number of aliphatic hydroxyl groups excluding tert-OH is 1. The summed E-state index contributed by atoms with van der Waals surface area (Å²) in [5, 5.41) is 9.56. The first-order chi connectivity index (χ1) is 7.18. The van der Waals surface area contributed by atoms with Crippen molar-refractivity contribution in [2.75, 3.05) is 0 Å². The van der Waals surface area contributed by atoms with Crippen molar-refractivity contribution in [2.24, 2.45) is 5.41 Å². The van der Waals surface area contributed by atoms with Crippen molar-refractivity contribution in [2.45, 2.75) is 45.1 Å². The zero-order chi connectivity index (χ0) is 10.7. The second-order valence-corrected chi connectivity index (χ2v) is 5.19. The van der Waals surface area contributed by atoms with Crippen molar-refractivity contribution in [1.29, 1.82) is 0 Å². The van der Waals surface area contributed by atoms with Crippen LogP contribution in [0.1, 0.15) is 38.2 Å². The Bertz CT molecular complexity index is 306. The molecule has 2 rings (SSSR count). The summed E-state index contributed by atoms with van der Waals surface area (Å²) in [6, 6.07) is 10.6. The molecule has 1 aromatic carbocycles. The molecule has 0 saturated heterocycles. The predicted molar refractivity (Wildman–Crippen MR) is 62.7 cm³/mol. The van der Waals surface area contributed by atoms with E-state index < -0.39 is 0 Å². The average Bonchev–Trinajstić information content (AvgIpc) is 2.58. The van der Waals surface area contributed by atoms with Crippen molar-refractivity contribution >= 4 is 0 Å². The fourth-order valence-electron chi connectivity index (χ4n) is 2.61. The zero-order valence-corrected chi connectivity index (χ0v) is 9.45. The smallest absolute Gasteiger partial charge is 0.0545 e. The highest BCUT2D eigenvalue weighted by Gasteiger charge is 2.33. The fourth-order valence-corrected chi connectivity index (χ4v) is 2.61. The largest absolute Gasteiger partial charge is 0.393 e. The summed E-state index contributed by atoms with van der Waals surface area (Å²) < 4.78 is 0. The summed E-state index contributed by atoms with van der Waals surface area (Å²) in [6.45, 7) is 2.31. The molecule has 1 heteroatoms. The molecule has 1 aromatic rings. The molecule has 2 unspecified atom stereocenters. The van der Waals surface area contributed by atoms with Gasteiger partial charge in [0.05, 0.1) is 6.10 Å². The molecule has 1 nitrogen and oxygen atoms in total. The summed E-state index contributed by atoms with van der Waals surface area (Å²) in [6.07, 6.45) is 5.45. The van der Waals surface area contributed by atoms with Gasteiger partial charge in [-0.1, -0.05) is 37.3 Å². The number of hydrogen-bond acceptors (Lipinski definition) is 1. The number of hydrogen-bond donors (Lipinski definition) is 1. The lowest BCUT2D eigenvalue weighted by atomic mass is 9.82. The molecule has 0 bridgehead atoms. The van der Waals surface area contributed by atoms with E-state index in [4.69, 9.17) is 0 Å². The highest BCUT2D eigenvalue weighted by molar-refractivity contribution is 5.15. The Kier molecular flexibility index (Phi) is 3.11. The molecule has 1 aliphatic carbocycles. The lowest BCUT2D eigenvalue weighted by Gasteiger charge is -2.23. The molecule has 1 N–H and O–H groups in total. The third-order valence-electron chi connectivity index (χ3n) is 3.67. The van der Waals surface area contributed by atoms with E-state index in [-0.39, 0.29) is 6.10 Å². The minimum atomic E-state index is -0.0502. The van der Waals surface area contributed by atoms with Gasteiger partial charge in [0.2, 0.25) is 0 Å². The molecule has 0 heterocycles. The monoisotopic (exact) mass is 204 g/mol. The zero-order valence-electron chi connectivity index (χ0n) is 9.45. The van der Waals surface area contributed by atoms with Crippen LogP contribution in [0.25, 0.3) is 0 Å². The lowest BCUT2D eigenvalue weighted by molar-refractivity contribution is 0.161. The first kappa shape index (κ1) is 10.7. The van der Waals surface area contributed by atoms with Crippen LogP contribution in [-0.4, -0.2) is 11.2 Å². The van der Waals surface area contributed by atoms with Crippen LogP contribution in [0.15, 0.2) is 30.3 Å². The van der Waals surface area contributed by atoms with Crippen LogP contribution >= 0.6 is 0 Å². The standard InChI is InChI=1S/C14H20O/c1-14(10-8-13(15)11-14)9-7-12-5-3-2-4-6-12/h2-6,13,15H,7-11H2,1H3. The van der Waals surface area contributed by atoms with E-state index in [1.165, 1.54) is 18.4 Å². The van der Waals surface area contributed by atoms with Gasteiger partial charge < -0.3 is 5.11 Å². The minimum Gasteiger partial charge on any atom is -0.393 e. The van der Waals surface area contributed by atoms with Gasteiger partial charge in [0.15, 0.2) is 0 Å². The second kappa shape index (κ2) is 4.36. The minimum absolute atomic E-state index is 0.0502. The topological polar surface area (TPSA) is 20.2 Å². The Hall–Kier alpha value is -0.820. The van der Waals surface area contributed by atoms with Crippen molar-refractivity contribution < 1.29 is 5.11 Å². The maximum Gasteiger partial charge on any atom is 0.0545 e. The molecular formula is C14H20O. The summed E-state index contributed by atoms with van der Waals surface area (Å²) in [5.41, 5.74) is 1.79. The van der Waals surface area contributed by atoms with E-state index >= 15 is 0 Å². The molecule has 82 valence electrons. The van der Waals surface area contributed by atoms with Crippen LogP contribution in [0.3, 0.4) is 0 Å². The second-order valence-electron chi connectivity index (χ2n) is 5.19. The van der Waals surface area contributed by atoms with Crippen molar-refractivity contribution in [1.82, 2.24) is 0 Å². The Morgan fingerprint density at radius 3 is 2.67 bits per heavy atom. The van der Waals surface area contributed by atoms with Gasteiger partial charge in [0.25, 0.3) is 0 Å². The van der Waals surface area contributed by atoms with Crippen LogP contribution in [-0.2, 0) is 6.42 Å². The van der Waals surface area contributed by atoms with E-state index in [0.29, 0.717) is 5.41 Å². The van der Waals surface area contributed by atoms with Crippen molar-refractivity contribution in [3.05, 3.63) is 35.9 Å². The van der Waals surface area contributed by atoms with Gasteiger partial charge in [0, 0.05) is 0 Å². The Balaban J connectivity index is 1.88. The van der Waals surface area contributed by atoms with Gasteiger partial charge in [0.1, 0.15) is 0 Å². The molecule has 1 saturated carbocycles. The van der Waals surface area contributed by atoms with E-state index in [9.17, 15) is 5.11 Å². The molecule has 0 amide bonds. The van der Waals surface area contributed by atoms with Gasteiger partial charge in [-0.05, 0) is 43.1 Å². The van der Waals surface area contributed by atoms with E-state index in [0.717, 1.165) is 19.3 Å². The fraction of sp³-hybridized carbons (Fsp3) is 0.571. The number of aliphatic hydroxyl groups is 1. The number of benzene rings is 1. The lowest BCUT2D eigenvalue weighted by Crippen LogP contribution is -2.14. The molecule has 0 aliphatic heterocycles. The van der Waals surface area contributed by atoms with Crippen LogP contribution < -0.4 is 0 Å². The molecule has 0 aromatic heterocycles. The van der Waals surface area contributed by atoms with Gasteiger partial charge >= 0.3 is 0 Å². The third kappa shape index (κ3) is 2.82. The van der Waals surface area contributed by atoms with Crippen LogP contribution in [0, 0.1) is 5.41 Å². The van der Waals surface area contributed by atoms with Gasteiger partial charge in [-0.15, -0.1) is 0 Å². The molecule has 0 spiro atoms. The molecule has 0 radical (unpaired) electrons. The maximum absolute atomic E-state index is 9.56. The summed E-state index contributed by atoms with van der Waals surface area (Å²) >= 11 is 0. The molecule has 1 aliphatic rings. The highest BCUT2D eigenvalue weighted by atomic mass is 16.3. The first-order valence-electron chi connectivity index (χ1n) is 5.90.